The Morgan fingerprint density at radius 2 is 2.05 bits per heavy atom. The summed E-state index contributed by atoms with van der Waals surface area (Å²) in [7, 11) is 2.94. The molecule has 0 unspecified atom stereocenters. The number of thiocarbonyl (C=S) groups is 1. The van der Waals surface area contributed by atoms with Crippen LogP contribution in [0.25, 0.3) is 0 Å². The number of benzene rings is 1. The standard InChI is InChI=1S/C14H20N2O3S/c1-9(2)16(8-13(17)19-4)12-7-10(18-3)5-6-11(12)14(15)20/h5-7,9H,8H2,1-4H3,(H2,15,20). The molecule has 0 aliphatic carbocycles. The van der Waals surface area contributed by atoms with Crippen molar-refractivity contribution >= 4 is 28.9 Å². The Kier molecular flexibility index (Phi) is 5.76. The smallest absolute Gasteiger partial charge is 0.325 e. The molecule has 0 radical (unpaired) electrons. The van der Waals surface area contributed by atoms with Crippen LogP contribution in [0, 0.1) is 0 Å². The summed E-state index contributed by atoms with van der Waals surface area (Å²) in [4.78, 5) is 13.7. The highest BCUT2D eigenvalue weighted by Gasteiger charge is 2.20. The van der Waals surface area contributed by atoms with Crippen LogP contribution in [0.15, 0.2) is 18.2 Å². The van der Waals surface area contributed by atoms with Crippen molar-refractivity contribution in [3.8, 4) is 5.75 Å². The Morgan fingerprint density at radius 1 is 1.40 bits per heavy atom. The Bertz CT molecular complexity index is 503. The largest absolute Gasteiger partial charge is 0.497 e. The fraction of sp³-hybridized carbons (Fsp3) is 0.429. The van der Waals surface area contributed by atoms with Gasteiger partial charge in [0.2, 0.25) is 0 Å². The van der Waals surface area contributed by atoms with E-state index in [4.69, 9.17) is 27.4 Å². The molecule has 5 nitrogen and oxygen atoms in total. The Hall–Kier alpha value is -1.82. The number of hydrogen-bond acceptors (Lipinski definition) is 5. The first-order valence-corrected chi connectivity index (χ1v) is 6.62. The average Bonchev–Trinajstić information content (AvgIpc) is 2.43. The van der Waals surface area contributed by atoms with Gasteiger partial charge in [0, 0.05) is 17.7 Å². The molecule has 1 rings (SSSR count). The Balaban J connectivity index is 3.29. The number of ether oxygens (including phenoxy) is 2. The van der Waals surface area contributed by atoms with Crippen LogP contribution >= 0.6 is 12.2 Å². The zero-order chi connectivity index (χ0) is 15.3. The number of rotatable bonds is 6. The summed E-state index contributed by atoms with van der Waals surface area (Å²) in [5.74, 6) is 0.353. The summed E-state index contributed by atoms with van der Waals surface area (Å²) >= 11 is 5.07. The third-order valence-electron chi connectivity index (χ3n) is 2.93. The van der Waals surface area contributed by atoms with Gasteiger partial charge in [0.25, 0.3) is 0 Å². The fourth-order valence-electron chi connectivity index (χ4n) is 1.83. The maximum atomic E-state index is 11.6. The van der Waals surface area contributed by atoms with Gasteiger partial charge in [0.1, 0.15) is 17.3 Å². The second kappa shape index (κ2) is 7.09. The lowest BCUT2D eigenvalue weighted by atomic mass is 10.1. The molecule has 0 saturated heterocycles. The van der Waals surface area contributed by atoms with Crippen LogP contribution in [0.3, 0.4) is 0 Å². The van der Waals surface area contributed by atoms with E-state index >= 15 is 0 Å². The maximum absolute atomic E-state index is 11.6. The molecule has 0 aliphatic heterocycles. The fourth-order valence-corrected chi connectivity index (χ4v) is 2.01. The molecule has 0 heterocycles. The molecule has 0 fully saturated rings. The van der Waals surface area contributed by atoms with Crippen molar-refractivity contribution in [2.75, 3.05) is 25.7 Å². The molecule has 0 saturated carbocycles. The molecule has 0 amide bonds. The zero-order valence-corrected chi connectivity index (χ0v) is 13.0. The summed E-state index contributed by atoms with van der Waals surface area (Å²) in [6, 6.07) is 5.48. The first-order chi connectivity index (χ1) is 9.40. The topological polar surface area (TPSA) is 64.8 Å². The minimum Gasteiger partial charge on any atom is -0.497 e. The highest BCUT2D eigenvalue weighted by Crippen LogP contribution is 2.27. The number of anilines is 1. The number of nitrogens with zero attached hydrogens (tertiary/aromatic N) is 1. The summed E-state index contributed by atoms with van der Waals surface area (Å²) in [5, 5.41) is 0. The van der Waals surface area contributed by atoms with Crippen molar-refractivity contribution in [3.05, 3.63) is 23.8 Å². The number of esters is 1. The minimum atomic E-state index is -0.324. The van der Waals surface area contributed by atoms with Crippen molar-refractivity contribution in [2.24, 2.45) is 5.73 Å². The monoisotopic (exact) mass is 296 g/mol. The lowest BCUT2D eigenvalue weighted by Gasteiger charge is -2.29. The Morgan fingerprint density at radius 3 is 2.50 bits per heavy atom. The molecule has 0 aliphatic rings. The number of hydrogen-bond donors (Lipinski definition) is 1. The van der Waals surface area contributed by atoms with Crippen molar-refractivity contribution in [2.45, 2.75) is 19.9 Å². The van der Waals surface area contributed by atoms with Gasteiger partial charge in [-0.3, -0.25) is 4.79 Å². The van der Waals surface area contributed by atoms with Gasteiger partial charge in [0.15, 0.2) is 0 Å². The van der Waals surface area contributed by atoms with Crippen LogP contribution in [0.5, 0.6) is 5.75 Å². The van der Waals surface area contributed by atoms with Crippen molar-refractivity contribution in [3.63, 3.8) is 0 Å². The molecule has 110 valence electrons. The van der Waals surface area contributed by atoms with E-state index in [1.54, 1.807) is 19.2 Å². The molecule has 0 spiro atoms. The van der Waals surface area contributed by atoms with Gasteiger partial charge < -0.3 is 20.1 Å². The zero-order valence-electron chi connectivity index (χ0n) is 12.2. The van der Waals surface area contributed by atoms with Gasteiger partial charge in [-0.1, -0.05) is 12.2 Å². The van der Waals surface area contributed by atoms with E-state index in [9.17, 15) is 4.79 Å². The molecule has 2 N–H and O–H groups in total. The molecule has 6 heteroatoms. The third-order valence-corrected chi connectivity index (χ3v) is 3.15. The second-order valence-corrected chi connectivity index (χ2v) is 4.98. The highest BCUT2D eigenvalue weighted by molar-refractivity contribution is 7.80. The second-order valence-electron chi connectivity index (χ2n) is 4.55. The molecule has 20 heavy (non-hydrogen) atoms. The van der Waals surface area contributed by atoms with E-state index in [1.807, 2.05) is 24.8 Å². The van der Waals surface area contributed by atoms with E-state index in [2.05, 4.69) is 0 Å². The third kappa shape index (κ3) is 3.84. The molecule has 1 aromatic carbocycles. The molecule has 1 aromatic rings. The van der Waals surface area contributed by atoms with Gasteiger partial charge in [0.05, 0.1) is 19.9 Å². The number of carbonyl (C=O) groups excluding carboxylic acids is 1. The van der Waals surface area contributed by atoms with Crippen LogP contribution in [-0.2, 0) is 9.53 Å². The average molecular weight is 296 g/mol. The van der Waals surface area contributed by atoms with Crippen LogP contribution in [0.2, 0.25) is 0 Å². The van der Waals surface area contributed by atoms with Crippen molar-refractivity contribution < 1.29 is 14.3 Å². The van der Waals surface area contributed by atoms with Crippen LogP contribution in [-0.4, -0.2) is 37.8 Å². The van der Waals surface area contributed by atoms with Gasteiger partial charge in [-0.2, -0.15) is 0 Å². The number of methoxy groups -OCH3 is 2. The predicted octanol–water partition coefficient (Wildman–Crippen LogP) is 1.72. The normalized spacial score (nSPS) is 10.2. The van der Waals surface area contributed by atoms with Crippen LogP contribution in [0.4, 0.5) is 5.69 Å². The van der Waals surface area contributed by atoms with Crippen molar-refractivity contribution in [1.29, 1.82) is 0 Å². The summed E-state index contributed by atoms with van der Waals surface area (Å²) in [6.07, 6.45) is 0. The van der Waals surface area contributed by atoms with Gasteiger partial charge in [-0.05, 0) is 26.0 Å². The van der Waals surface area contributed by atoms with Gasteiger partial charge in [-0.15, -0.1) is 0 Å². The van der Waals surface area contributed by atoms with E-state index in [0.29, 0.717) is 11.3 Å². The van der Waals surface area contributed by atoms with E-state index in [0.717, 1.165) is 5.69 Å². The highest BCUT2D eigenvalue weighted by atomic mass is 32.1. The summed E-state index contributed by atoms with van der Waals surface area (Å²) < 4.78 is 9.96. The molecule has 0 bridgehead atoms. The molecular formula is C14H20N2O3S. The lowest BCUT2D eigenvalue weighted by Crippen LogP contribution is -2.37. The first-order valence-electron chi connectivity index (χ1n) is 6.22. The summed E-state index contributed by atoms with van der Waals surface area (Å²) in [5.41, 5.74) is 7.22. The van der Waals surface area contributed by atoms with Crippen LogP contribution in [0.1, 0.15) is 19.4 Å². The molecule has 0 atom stereocenters. The van der Waals surface area contributed by atoms with Crippen molar-refractivity contribution in [1.82, 2.24) is 0 Å². The van der Waals surface area contributed by atoms with E-state index < -0.39 is 0 Å². The number of nitrogens with two attached hydrogens (primary N) is 1. The van der Waals surface area contributed by atoms with Crippen LogP contribution < -0.4 is 15.4 Å². The quantitative estimate of drug-likeness (QED) is 0.637. The lowest BCUT2D eigenvalue weighted by molar-refractivity contribution is -0.139. The Labute approximate surface area is 124 Å². The minimum absolute atomic E-state index is 0.0781. The molecule has 0 aromatic heterocycles. The first kappa shape index (κ1) is 16.2. The van der Waals surface area contributed by atoms with Gasteiger partial charge in [-0.25, -0.2) is 0 Å². The SMILES string of the molecule is COC(=O)CN(c1cc(OC)ccc1C(N)=S)C(C)C. The predicted molar refractivity (Wildman–Crippen MR) is 83.4 cm³/mol. The molecular weight excluding hydrogens is 276 g/mol. The van der Waals surface area contributed by atoms with Gasteiger partial charge >= 0.3 is 5.97 Å². The van der Waals surface area contributed by atoms with E-state index in [1.165, 1.54) is 7.11 Å². The summed E-state index contributed by atoms with van der Waals surface area (Å²) in [6.45, 7) is 4.08. The van der Waals surface area contributed by atoms with E-state index in [-0.39, 0.29) is 23.5 Å². The number of carbonyl (C=O) groups is 1. The maximum Gasteiger partial charge on any atom is 0.325 e.